The van der Waals surface area contributed by atoms with Crippen molar-refractivity contribution < 1.29 is 4.74 Å². The highest BCUT2D eigenvalue weighted by Gasteiger charge is 2.29. The van der Waals surface area contributed by atoms with Crippen molar-refractivity contribution in [1.82, 2.24) is 4.90 Å². The molecule has 0 aliphatic heterocycles. The third kappa shape index (κ3) is 3.72. The molecule has 3 heteroatoms. The van der Waals surface area contributed by atoms with E-state index in [0.29, 0.717) is 0 Å². The molecule has 1 saturated carbocycles. The van der Waals surface area contributed by atoms with E-state index in [0.717, 1.165) is 24.8 Å². The standard InChI is InChI=1S/C14H22N2O/c1-11(17-2)9-16(14-6-7-14)10-12-4-3-5-13(15)8-12/h3-5,8,11,14H,6-7,9-10,15H2,1-2H3. The molecule has 2 N–H and O–H groups in total. The molecule has 0 spiro atoms. The average molecular weight is 234 g/mol. The van der Waals surface area contributed by atoms with Crippen LogP contribution < -0.4 is 5.73 Å². The number of ether oxygens (including phenoxy) is 1. The van der Waals surface area contributed by atoms with E-state index in [1.807, 2.05) is 12.1 Å². The summed E-state index contributed by atoms with van der Waals surface area (Å²) in [7, 11) is 1.77. The number of hydrogen-bond acceptors (Lipinski definition) is 3. The van der Waals surface area contributed by atoms with E-state index in [2.05, 4.69) is 24.0 Å². The van der Waals surface area contributed by atoms with Gasteiger partial charge in [0.1, 0.15) is 0 Å². The highest BCUT2D eigenvalue weighted by molar-refractivity contribution is 5.40. The zero-order chi connectivity index (χ0) is 12.3. The largest absolute Gasteiger partial charge is 0.399 e. The molecular weight excluding hydrogens is 212 g/mol. The second kappa shape index (κ2) is 5.52. The lowest BCUT2D eigenvalue weighted by Crippen LogP contribution is -2.33. The minimum Gasteiger partial charge on any atom is -0.399 e. The number of nitrogens with two attached hydrogens (primary N) is 1. The van der Waals surface area contributed by atoms with Crippen LogP contribution in [0.5, 0.6) is 0 Å². The molecule has 2 rings (SSSR count). The van der Waals surface area contributed by atoms with Crippen molar-refractivity contribution in [1.29, 1.82) is 0 Å². The van der Waals surface area contributed by atoms with Gasteiger partial charge < -0.3 is 10.5 Å². The molecule has 0 amide bonds. The van der Waals surface area contributed by atoms with Gasteiger partial charge >= 0.3 is 0 Å². The van der Waals surface area contributed by atoms with Gasteiger partial charge in [0.05, 0.1) is 6.10 Å². The van der Waals surface area contributed by atoms with Crippen LogP contribution in [0.15, 0.2) is 24.3 Å². The van der Waals surface area contributed by atoms with Gasteiger partial charge in [-0.05, 0) is 37.5 Å². The minimum absolute atomic E-state index is 0.289. The summed E-state index contributed by atoms with van der Waals surface area (Å²) in [5, 5.41) is 0. The fourth-order valence-electron chi connectivity index (χ4n) is 2.11. The molecule has 17 heavy (non-hydrogen) atoms. The van der Waals surface area contributed by atoms with Gasteiger partial charge in [0.15, 0.2) is 0 Å². The Morgan fingerprint density at radius 3 is 2.82 bits per heavy atom. The Bertz CT molecular complexity index is 363. The van der Waals surface area contributed by atoms with Crippen LogP contribution in [-0.2, 0) is 11.3 Å². The monoisotopic (exact) mass is 234 g/mol. The lowest BCUT2D eigenvalue weighted by atomic mass is 10.2. The predicted molar refractivity (Wildman–Crippen MR) is 70.8 cm³/mol. The molecule has 3 nitrogen and oxygen atoms in total. The molecule has 1 aromatic carbocycles. The maximum absolute atomic E-state index is 5.81. The predicted octanol–water partition coefficient (Wildman–Crippen LogP) is 2.27. The van der Waals surface area contributed by atoms with E-state index in [1.165, 1.54) is 18.4 Å². The van der Waals surface area contributed by atoms with Crippen LogP contribution in [0.3, 0.4) is 0 Å². The Kier molecular flexibility index (Phi) is 4.02. The van der Waals surface area contributed by atoms with Gasteiger partial charge in [-0.3, -0.25) is 4.90 Å². The molecular formula is C14H22N2O. The molecule has 1 atom stereocenters. The summed E-state index contributed by atoms with van der Waals surface area (Å²) in [5.41, 5.74) is 7.95. The first-order chi connectivity index (χ1) is 8.19. The van der Waals surface area contributed by atoms with Crippen molar-refractivity contribution in [2.45, 2.75) is 38.5 Å². The molecule has 1 fully saturated rings. The second-order valence-electron chi connectivity index (χ2n) is 4.95. The zero-order valence-corrected chi connectivity index (χ0v) is 10.7. The van der Waals surface area contributed by atoms with E-state index in [1.54, 1.807) is 7.11 Å². The van der Waals surface area contributed by atoms with Crippen LogP contribution in [0.4, 0.5) is 5.69 Å². The highest BCUT2D eigenvalue weighted by Crippen LogP contribution is 2.28. The maximum atomic E-state index is 5.81. The molecule has 0 radical (unpaired) electrons. The Labute approximate surface area is 104 Å². The SMILES string of the molecule is COC(C)CN(Cc1cccc(N)c1)C1CC1. The summed E-state index contributed by atoms with van der Waals surface area (Å²) < 4.78 is 5.35. The summed E-state index contributed by atoms with van der Waals surface area (Å²) >= 11 is 0. The van der Waals surface area contributed by atoms with E-state index >= 15 is 0 Å². The lowest BCUT2D eigenvalue weighted by molar-refractivity contribution is 0.0712. The van der Waals surface area contributed by atoms with Gasteiger partial charge in [-0.25, -0.2) is 0 Å². The van der Waals surface area contributed by atoms with Gasteiger partial charge in [-0.2, -0.15) is 0 Å². The number of methoxy groups -OCH3 is 1. The Morgan fingerprint density at radius 1 is 1.47 bits per heavy atom. The Balaban J connectivity index is 1.97. The third-order valence-corrected chi connectivity index (χ3v) is 3.29. The van der Waals surface area contributed by atoms with E-state index in [-0.39, 0.29) is 6.10 Å². The quantitative estimate of drug-likeness (QED) is 0.767. The molecule has 1 aliphatic rings. The molecule has 0 saturated heterocycles. The number of rotatable bonds is 6. The summed E-state index contributed by atoms with van der Waals surface area (Å²) in [6, 6.07) is 8.91. The number of nitrogen functional groups attached to an aromatic ring is 1. The van der Waals surface area contributed by atoms with Crippen LogP contribution in [0.1, 0.15) is 25.3 Å². The summed E-state index contributed by atoms with van der Waals surface area (Å²) in [4.78, 5) is 2.50. The molecule has 0 aromatic heterocycles. The number of nitrogens with zero attached hydrogens (tertiary/aromatic N) is 1. The first kappa shape index (κ1) is 12.4. The molecule has 1 aliphatic carbocycles. The van der Waals surface area contributed by atoms with Crippen molar-refractivity contribution in [3.8, 4) is 0 Å². The first-order valence-electron chi connectivity index (χ1n) is 6.30. The normalized spacial score (nSPS) is 17.4. The summed E-state index contributed by atoms with van der Waals surface area (Å²) in [5.74, 6) is 0. The van der Waals surface area contributed by atoms with Crippen molar-refractivity contribution in [2.75, 3.05) is 19.4 Å². The Hall–Kier alpha value is -1.06. The van der Waals surface area contributed by atoms with Crippen LogP contribution in [-0.4, -0.2) is 30.7 Å². The fourth-order valence-corrected chi connectivity index (χ4v) is 2.11. The Morgan fingerprint density at radius 2 is 2.24 bits per heavy atom. The maximum Gasteiger partial charge on any atom is 0.0670 e. The molecule has 1 unspecified atom stereocenters. The van der Waals surface area contributed by atoms with Crippen LogP contribution >= 0.6 is 0 Å². The van der Waals surface area contributed by atoms with Crippen molar-refractivity contribution in [3.05, 3.63) is 29.8 Å². The smallest absolute Gasteiger partial charge is 0.0670 e. The van der Waals surface area contributed by atoms with Gasteiger partial charge in [0.2, 0.25) is 0 Å². The van der Waals surface area contributed by atoms with Crippen molar-refractivity contribution >= 4 is 5.69 Å². The number of anilines is 1. The topological polar surface area (TPSA) is 38.5 Å². The fraction of sp³-hybridized carbons (Fsp3) is 0.571. The van der Waals surface area contributed by atoms with E-state index < -0.39 is 0 Å². The molecule has 94 valence electrons. The number of benzene rings is 1. The third-order valence-electron chi connectivity index (χ3n) is 3.29. The minimum atomic E-state index is 0.289. The molecule has 1 aromatic rings. The van der Waals surface area contributed by atoms with E-state index in [9.17, 15) is 0 Å². The zero-order valence-electron chi connectivity index (χ0n) is 10.7. The first-order valence-corrected chi connectivity index (χ1v) is 6.30. The van der Waals surface area contributed by atoms with Gasteiger partial charge in [-0.15, -0.1) is 0 Å². The van der Waals surface area contributed by atoms with Crippen LogP contribution in [0, 0.1) is 0 Å². The van der Waals surface area contributed by atoms with Gasteiger partial charge in [-0.1, -0.05) is 12.1 Å². The summed E-state index contributed by atoms with van der Waals surface area (Å²) in [6.07, 6.45) is 2.92. The van der Waals surface area contributed by atoms with Gasteiger partial charge in [0, 0.05) is 31.9 Å². The van der Waals surface area contributed by atoms with Gasteiger partial charge in [0.25, 0.3) is 0 Å². The highest BCUT2D eigenvalue weighted by atomic mass is 16.5. The summed E-state index contributed by atoms with van der Waals surface area (Å²) in [6.45, 7) is 4.09. The van der Waals surface area contributed by atoms with Crippen molar-refractivity contribution in [3.63, 3.8) is 0 Å². The van der Waals surface area contributed by atoms with Crippen molar-refractivity contribution in [2.24, 2.45) is 0 Å². The van der Waals surface area contributed by atoms with Crippen LogP contribution in [0.2, 0.25) is 0 Å². The number of hydrogen-bond donors (Lipinski definition) is 1. The molecule has 0 bridgehead atoms. The second-order valence-corrected chi connectivity index (χ2v) is 4.95. The molecule has 0 heterocycles. The average Bonchev–Trinajstić information content (AvgIpc) is 3.12. The van der Waals surface area contributed by atoms with E-state index in [4.69, 9.17) is 10.5 Å². The van der Waals surface area contributed by atoms with Crippen LogP contribution in [0.25, 0.3) is 0 Å². The lowest BCUT2D eigenvalue weighted by Gasteiger charge is -2.25.